The van der Waals surface area contributed by atoms with Gasteiger partial charge in [0.2, 0.25) is 0 Å². The van der Waals surface area contributed by atoms with E-state index in [0.717, 1.165) is 28.3 Å². The Kier molecular flexibility index (Phi) is 3.72. The second kappa shape index (κ2) is 5.25. The lowest BCUT2D eigenvalue weighted by atomic mass is 10.2. The van der Waals surface area contributed by atoms with Crippen LogP contribution in [0.4, 0.5) is 9.52 Å². The van der Waals surface area contributed by atoms with Crippen LogP contribution < -0.4 is 5.32 Å². The first-order valence-corrected chi connectivity index (χ1v) is 6.41. The fourth-order valence-electron chi connectivity index (χ4n) is 1.54. The summed E-state index contributed by atoms with van der Waals surface area (Å²) < 4.78 is 13.9. The smallest absolute Gasteiger partial charge is 0.183 e. The number of benzene rings is 1. The number of nitrogens with one attached hydrogen (secondary N) is 1. The molecule has 0 radical (unpaired) electrons. The van der Waals surface area contributed by atoms with Crippen LogP contribution in [0.15, 0.2) is 18.2 Å². The third-order valence-electron chi connectivity index (χ3n) is 2.41. The normalized spacial score (nSPS) is 10.9. The molecule has 4 heteroatoms. The SMILES string of the molecule is CCCCCNc1nc2ccc(F)cc2s1. The fraction of sp³-hybridized carbons (Fsp3) is 0.417. The van der Waals surface area contributed by atoms with E-state index in [1.807, 2.05) is 0 Å². The standard InChI is InChI=1S/C12H15FN2S/c1-2-3-4-7-14-12-15-10-6-5-9(13)8-11(10)16-12/h5-6,8H,2-4,7H2,1H3,(H,14,15). The highest BCUT2D eigenvalue weighted by Crippen LogP contribution is 2.26. The number of hydrogen-bond donors (Lipinski definition) is 1. The minimum absolute atomic E-state index is 0.200. The molecule has 0 aliphatic rings. The Morgan fingerprint density at radius 2 is 2.25 bits per heavy atom. The number of fused-ring (bicyclic) bond motifs is 1. The number of hydrogen-bond acceptors (Lipinski definition) is 3. The lowest BCUT2D eigenvalue weighted by molar-refractivity contribution is 0.630. The lowest BCUT2D eigenvalue weighted by Gasteiger charge is -1.99. The zero-order valence-corrected chi connectivity index (χ0v) is 10.1. The number of halogens is 1. The Morgan fingerprint density at radius 3 is 3.06 bits per heavy atom. The van der Waals surface area contributed by atoms with E-state index in [1.54, 1.807) is 6.07 Å². The van der Waals surface area contributed by atoms with Crippen molar-refractivity contribution in [3.63, 3.8) is 0 Å². The predicted octanol–water partition coefficient (Wildman–Crippen LogP) is 4.04. The summed E-state index contributed by atoms with van der Waals surface area (Å²) in [5, 5.41) is 4.16. The fourth-order valence-corrected chi connectivity index (χ4v) is 2.46. The van der Waals surface area contributed by atoms with Crippen molar-refractivity contribution >= 4 is 26.7 Å². The maximum atomic E-state index is 13.0. The van der Waals surface area contributed by atoms with Gasteiger partial charge in [0.05, 0.1) is 10.2 Å². The number of unbranched alkanes of at least 4 members (excludes halogenated alkanes) is 2. The van der Waals surface area contributed by atoms with Gasteiger partial charge in [-0.25, -0.2) is 9.37 Å². The van der Waals surface area contributed by atoms with E-state index in [-0.39, 0.29) is 5.82 Å². The average molecular weight is 238 g/mol. The zero-order valence-electron chi connectivity index (χ0n) is 9.29. The number of thiazole rings is 1. The lowest BCUT2D eigenvalue weighted by Crippen LogP contribution is -2.00. The van der Waals surface area contributed by atoms with Gasteiger partial charge >= 0.3 is 0 Å². The molecule has 0 bridgehead atoms. The molecular weight excluding hydrogens is 223 g/mol. The quantitative estimate of drug-likeness (QED) is 0.795. The van der Waals surface area contributed by atoms with E-state index >= 15 is 0 Å². The molecule has 2 aromatic rings. The van der Waals surface area contributed by atoms with Gasteiger partial charge in [-0.3, -0.25) is 0 Å². The number of aromatic nitrogens is 1. The van der Waals surface area contributed by atoms with E-state index in [4.69, 9.17) is 0 Å². The number of anilines is 1. The summed E-state index contributed by atoms with van der Waals surface area (Å²) in [7, 11) is 0. The van der Waals surface area contributed by atoms with Gasteiger partial charge in [-0.05, 0) is 24.6 Å². The van der Waals surface area contributed by atoms with Gasteiger partial charge in [0.1, 0.15) is 5.82 Å². The van der Waals surface area contributed by atoms with E-state index < -0.39 is 0 Å². The molecule has 1 aromatic heterocycles. The predicted molar refractivity (Wildman–Crippen MR) is 67.6 cm³/mol. The van der Waals surface area contributed by atoms with Crippen LogP contribution in [-0.2, 0) is 0 Å². The van der Waals surface area contributed by atoms with Crippen molar-refractivity contribution in [3.05, 3.63) is 24.0 Å². The molecule has 0 aliphatic carbocycles. The van der Waals surface area contributed by atoms with E-state index in [2.05, 4.69) is 17.2 Å². The van der Waals surface area contributed by atoms with Gasteiger partial charge in [-0.2, -0.15) is 0 Å². The molecule has 0 aliphatic heterocycles. The van der Waals surface area contributed by atoms with Crippen LogP contribution in [0.2, 0.25) is 0 Å². The third kappa shape index (κ3) is 2.70. The minimum atomic E-state index is -0.200. The molecule has 0 saturated heterocycles. The second-order valence-electron chi connectivity index (χ2n) is 3.76. The molecular formula is C12H15FN2S. The summed E-state index contributed by atoms with van der Waals surface area (Å²) in [4.78, 5) is 4.39. The molecule has 0 fully saturated rings. The molecule has 86 valence electrons. The largest absolute Gasteiger partial charge is 0.361 e. The van der Waals surface area contributed by atoms with Gasteiger partial charge in [0.15, 0.2) is 5.13 Å². The highest BCUT2D eigenvalue weighted by atomic mass is 32.1. The van der Waals surface area contributed by atoms with Crippen molar-refractivity contribution in [1.29, 1.82) is 0 Å². The van der Waals surface area contributed by atoms with Crippen LogP contribution in [0.1, 0.15) is 26.2 Å². The molecule has 2 nitrogen and oxygen atoms in total. The maximum Gasteiger partial charge on any atom is 0.183 e. The van der Waals surface area contributed by atoms with E-state index in [9.17, 15) is 4.39 Å². The summed E-state index contributed by atoms with van der Waals surface area (Å²) in [6.45, 7) is 3.12. The van der Waals surface area contributed by atoms with Gasteiger partial charge < -0.3 is 5.32 Å². The molecule has 1 aromatic carbocycles. The Labute approximate surface area is 98.5 Å². The topological polar surface area (TPSA) is 24.9 Å². The number of rotatable bonds is 5. The molecule has 0 saturated carbocycles. The number of nitrogens with zero attached hydrogens (tertiary/aromatic N) is 1. The van der Waals surface area contributed by atoms with Crippen molar-refractivity contribution in [2.75, 3.05) is 11.9 Å². The van der Waals surface area contributed by atoms with Gasteiger partial charge in [0, 0.05) is 6.54 Å². The van der Waals surface area contributed by atoms with Crippen molar-refractivity contribution in [2.45, 2.75) is 26.2 Å². The van der Waals surface area contributed by atoms with Crippen LogP contribution in [0.3, 0.4) is 0 Å². The molecule has 2 rings (SSSR count). The molecule has 1 heterocycles. The second-order valence-corrected chi connectivity index (χ2v) is 4.80. The van der Waals surface area contributed by atoms with E-state index in [1.165, 1.54) is 36.3 Å². The van der Waals surface area contributed by atoms with Crippen LogP contribution in [0.5, 0.6) is 0 Å². The highest BCUT2D eigenvalue weighted by Gasteiger charge is 2.03. The van der Waals surface area contributed by atoms with Crippen LogP contribution in [0.25, 0.3) is 10.2 Å². The first-order valence-electron chi connectivity index (χ1n) is 5.59. The first-order chi connectivity index (χ1) is 7.79. The molecule has 16 heavy (non-hydrogen) atoms. The van der Waals surface area contributed by atoms with Crippen molar-refractivity contribution in [3.8, 4) is 0 Å². The van der Waals surface area contributed by atoms with Gasteiger partial charge in [-0.15, -0.1) is 0 Å². The van der Waals surface area contributed by atoms with Gasteiger partial charge in [0.25, 0.3) is 0 Å². The molecule has 1 N–H and O–H groups in total. The van der Waals surface area contributed by atoms with Crippen molar-refractivity contribution in [1.82, 2.24) is 4.98 Å². The average Bonchev–Trinajstić information content (AvgIpc) is 2.66. The Morgan fingerprint density at radius 1 is 1.38 bits per heavy atom. The Hall–Kier alpha value is -1.16. The van der Waals surface area contributed by atoms with Crippen LogP contribution in [-0.4, -0.2) is 11.5 Å². The molecule has 0 spiro atoms. The summed E-state index contributed by atoms with van der Waals surface area (Å²) in [5.41, 5.74) is 0.865. The highest BCUT2D eigenvalue weighted by molar-refractivity contribution is 7.22. The van der Waals surface area contributed by atoms with Crippen LogP contribution in [0, 0.1) is 5.82 Å². The Bertz CT molecular complexity index is 467. The summed E-state index contributed by atoms with van der Waals surface area (Å²) in [5.74, 6) is -0.200. The Balaban J connectivity index is 2.02. The van der Waals surface area contributed by atoms with Crippen molar-refractivity contribution < 1.29 is 4.39 Å². The summed E-state index contributed by atoms with van der Waals surface area (Å²) in [6.07, 6.45) is 3.60. The minimum Gasteiger partial charge on any atom is -0.361 e. The molecule has 0 atom stereocenters. The molecule has 0 unspecified atom stereocenters. The van der Waals surface area contributed by atoms with Crippen LogP contribution >= 0.6 is 11.3 Å². The van der Waals surface area contributed by atoms with Crippen molar-refractivity contribution in [2.24, 2.45) is 0 Å². The summed E-state index contributed by atoms with van der Waals surface area (Å²) >= 11 is 1.51. The first kappa shape index (κ1) is 11.3. The summed E-state index contributed by atoms with van der Waals surface area (Å²) in [6, 6.07) is 4.70. The van der Waals surface area contributed by atoms with Gasteiger partial charge in [-0.1, -0.05) is 31.1 Å². The zero-order chi connectivity index (χ0) is 11.4. The third-order valence-corrected chi connectivity index (χ3v) is 3.38. The monoisotopic (exact) mass is 238 g/mol. The van der Waals surface area contributed by atoms with E-state index in [0.29, 0.717) is 0 Å². The maximum absolute atomic E-state index is 13.0. The molecule has 0 amide bonds.